The predicted molar refractivity (Wildman–Crippen MR) is 132 cm³/mol. The Morgan fingerprint density at radius 3 is 2.80 bits per heavy atom. The minimum absolute atomic E-state index is 0.0195. The predicted octanol–water partition coefficient (Wildman–Crippen LogP) is 5.72. The van der Waals surface area contributed by atoms with Crippen molar-refractivity contribution in [2.45, 2.75) is 83.6 Å². The Balaban J connectivity index is 1.62. The second kappa shape index (κ2) is 9.99. The number of hydrogen-bond donors (Lipinski definition) is 1. The number of nitrogens with one attached hydrogen (secondary N) is 1. The smallest absolute Gasteiger partial charge is 0.407 e. The van der Waals surface area contributed by atoms with Gasteiger partial charge in [0.15, 0.2) is 0 Å². The third-order valence-corrected chi connectivity index (χ3v) is 8.06. The van der Waals surface area contributed by atoms with Gasteiger partial charge in [-0.15, -0.1) is 0 Å². The molecule has 1 aliphatic carbocycles. The molecule has 1 amide bonds. The van der Waals surface area contributed by atoms with Gasteiger partial charge in [-0.25, -0.2) is 9.78 Å². The molecular weight excluding hydrogens is 509 g/mol. The lowest BCUT2D eigenvalue weighted by molar-refractivity contribution is 0.0883. The molecule has 0 radical (unpaired) electrons. The van der Waals surface area contributed by atoms with Crippen LogP contribution in [0.15, 0.2) is 18.3 Å². The van der Waals surface area contributed by atoms with Crippen molar-refractivity contribution in [2.75, 3.05) is 6.61 Å². The van der Waals surface area contributed by atoms with Gasteiger partial charge in [0.2, 0.25) is 0 Å². The van der Waals surface area contributed by atoms with Crippen molar-refractivity contribution in [2.24, 2.45) is 0 Å². The Kier molecular flexibility index (Phi) is 7.84. The molecule has 2 heterocycles. The molecular formula is C22H34IN3O3Si. The van der Waals surface area contributed by atoms with E-state index in [1.54, 1.807) is 0 Å². The molecule has 1 aliphatic rings. The summed E-state index contributed by atoms with van der Waals surface area (Å²) in [5.74, 6) is 0.382. The van der Waals surface area contributed by atoms with Gasteiger partial charge in [-0.1, -0.05) is 19.6 Å². The highest BCUT2D eigenvalue weighted by molar-refractivity contribution is 14.1. The average molecular weight is 544 g/mol. The quantitative estimate of drug-likeness (QED) is 0.263. The first kappa shape index (κ1) is 23.5. The molecule has 0 saturated heterocycles. The maximum absolute atomic E-state index is 11.9. The Morgan fingerprint density at radius 1 is 1.33 bits per heavy atom. The highest BCUT2D eigenvalue weighted by Gasteiger charge is 2.29. The van der Waals surface area contributed by atoms with E-state index in [0.29, 0.717) is 12.6 Å². The zero-order chi connectivity index (χ0) is 21.9. The van der Waals surface area contributed by atoms with Gasteiger partial charge >= 0.3 is 6.09 Å². The van der Waals surface area contributed by atoms with E-state index < -0.39 is 8.07 Å². The van der Waals surface area contributed by atoms with Crippen LogP contribution >= 0.6 is 22.6 Å². The van der Waals surface area contributed by atoms with Gasteiger partial charge < -0.3 is 14.8 Å². The molecule has 2 atom stereocenters. The van der Waals surface area contributed by atoms with E-state index in [0.717, 1.165) is 40.6 Å². The molecule has 1 N–H and O–H groups in total. The van der Waals surface area contributed by atoms with Crippen molar-refractivity contribution in [1.82, 2.24) is 14.9 Å². The van der Waals surface area contributed by atoms with Gasteiger partial charge in [-0.05, 0) is 85.4 Å². The van der Waals surface area contributed by atoms with Crippen LogP contribution in [0.5, 0.6) is 0 Å². The third kappa shape index (κ3) is 6.43. The zero-order valence-electron chi connectivity index (χ0n) is 18.7. The minimum atomic E-state index is -1.08. The SMILES string of the molecule is CC(C)NC(=O)OC1CCC(c2cnc3c(c2)cc(I)n3COCC[Si](C)(C)C)C1. The second-order valence-corrected chi connectivity index (χ2v) is 16.5. The molecule has 2 aromatic heterocycles. The maximum atomic E-state index is 11.9. The fourth-order valence-corrected chi connectivity index (χ4v) is 5.24. The molecule has 0 spiro atoms. The van der Waals surface area contributed by atoms with Crippen molar-refractivity contribution in [3.63, 3.8) is 0 Å². The zero-order valence-corrected chi connectivity index (χ0v) is 21.9. The topological polar surface area (TPSA) is 65.4 Å². The van der Waals surface area contributed by atoms with Gasteiger partial charge in [-0.3, -0.25) is 4.57 Å². The number of carbonyl (C=O) groups is 1. The summed E-state index contributed by atoms with van der Waals surface area (Å²) in [6, 6.07) is 5.67. The van der Waals surface area contributed by atoms with Crippen LogP contribution in [0.4, 0.5) is 4.79 Å². The number of alkyl carbamates (subject to hydrolysis) is 1. The van der Waals surface area contributed by atoms with Crippen molar-refractivity contribution < 1.29 is 14.3 Å². The van der Waals surface area contributed by atoms with Crippen LogP contribution in [0.3, 0.4) is 0 Å². The van der Waals surface area contributed by atoms with E-state index >= 15 is 0 Å². The highest BCUT2D eigenvalue weighted by atomic mass is 127. The number of amides is 1. The van der Waals surface area contributed by atoms with Crippen LogP contribution in [0, 0.1) is 3.70 Å². The van der Waals surface area contributed by atoms with E-state index in [4.69, 9.17) is 14.5 Å². The van der Waals surface area contributed by atoms with Crippen molar-refractivity contribution in [3.05, 3.63) is 27.6 Å². The number of rotatable bonds is 8. The fraction of sp³-hybridized carbons (Fsp3) is 0.636. The van der Waals surface area contributed by atoms with E-state index in [-0.39, 0.29) is 18.2 Å². The number of fused-ring (bicyclic) bond motifs is 1. The van der Waals surface area contributed by atoms with Gasteiger partial charge in [0.25, 0.3) is 0 Å². The summed E-state index contributed by atoms with van der Waals surface area (Å²) in [6.45, 7) is 12.3. The maximum Gasteiger partial charge on any atom is 0.407 e. The number of carbonyl (C=O) groups excluding carboxylic acids is 1. The summed E-state index contributed by atoms with van der Waals surface area (Å²) in [6.07, 6.45) is 4.43. The van der Waals surface area contributed by atoms with Crippen LogP contribution < -0.4 is 5.32 Å². The van der Waals surface area contributed by atoms with Crippen LogP contribution in [0.25, 0.3) is 11.0 Å². The van der Waals surface area contributed by atoms with Crippen LogP contribution in [0.2, 0.25) is 25.7 Å². The van der Waals surface area contributed by atoms with Crippen LogP contribution in [-0.2, 0) is 16.2 Å². The van der Waals surface area contributed by atoms with Crippen molar-refractivity contribution in [3.8, 4) is 0 Å². The normalized spacial score (nSPS) is 19.6. The number of aromatic nitrogens is 2. The first-order chi connectivity index (χ1) is 14.1. The number of hydrogen-bond acceptors (Lipinski definition) is 4. The van der Waals surface area contributed by atoms with E-state index in [9.17, 15) is 4.79 Å². The molecule has 0 aromatic carbocycles. The monoisotopic (exact) mass is 543 g/mol. The van der Waals surface area contributed by atoms with Crippen LogP contribution in [-0.4, -0.2) is 42.5 Å². The number of ether oxygens (including phenoxy) is 2. The molecule has 30 heavy (non-hydrogen) atoms. The number of nitrogens with zero attached hydrogens (tertiary/aromatic N) is 2. The Labute approximate surface area is 194 Å². The molecule has 166 valence electrons. The summed E-state index contributed by atoms with van der Waals surface area (Å²) >= 11 is 2.35. The molecule has 6 nitrogen and oxygen atoms in total. The Hall–Kier alpha value is -1.13. The fourth-order valence-electron chi connectivity index (χ4n) is 3.78. The molecule has 8 heteroatoms. The number of pyridine rings is 1. The highest BCUT2D eigenvalue weighted by Crippen LogP contribution is 2.37. The lowest BCUT2D eigenvalue weighted by atomic mass is 9.99. The van der Waals surface area contributed by atoms with Gasteiger partial charge in [0, 0.05) is 32.3 Å². The molecule has 2 unspecified atom stereocenters. The van der Waals surface area contributed by atoms with Gasteiger partial charge in [0.05, 0.1) is 3.70 Å². The molecule has 0 aliphatic heterocycles. The van der Waals surface area contributed by atoms with E-state index in [1.807, 2.05) is 20.0 Å². The lowest BCUT2D eigenvalue weighted by Crippen LogP contribution is -2.33. The minimum Gasteiger partial charge on any atom is -0.446 e. The van der Waals surface area contributed by atoms with Crippen LogP contribution in [0.1, 0.15) is 44.6 Å². The van der Waals surface area contributed by atoms with Crippen molar-refractivity contribution in [1.29, 1.82) is 0 Å². The van der Waals surface area contributed by atoms with Gasteiger partial charge in [0.1, 0.15) is 18.5 Å². The summed E-state index contributed by atoms with van der Waals surface area (Å²) in [4.78, 5) is 16.6. The Morgan fingerprint density at radius 2 is 2.10 bits per heavy atom. The summed E-state index contributed by atoms with van der Waals surface area (Å²) < 4.78 is 14.8. The molecule has 3 rings (SSSR count). The second-order valence-electron chi connectivity index (χ2n) is 9.76. The van der Waals surface area contributed by atoms with Crippen molar-refractivity contribution >= 4 is 47.8 Å². The lowest BCUT2D eigenvalue weighted by Gasteiger charge is -2.16. The summed E-state index contributed by atoms with van der Waals surface area (Å²) in [7, 11) is -1.08. The van der Waals surface area contributed by atoms with E-state index in [2.05, 4.69) is 64.2 Å². The first-order valence-corrected chi connectivity index (χ1v) is 15.6. The standard InChI is InChI=1S/C22H34IN3O3Si/c1-15(2)25-22(27)29-19-7-6-16(11-19)18-10-17-12-20(23)26(21(17)24-13-18)14-28-8-9-30(3,4)5/h10,12-13,15-16,19H,6-9,11,14H2,1-5H3,(H,25,27). The summed E-state index contributed by atoms with van der Waals surface area (Å²) in [5.41, 5.74) is 2.20. The third-order valence-electron chi connectivity index (χ3n) is 5.46. The Bertz CT molecular complexity index is 878. The number of halogens is 1. The summed E-state index contributed by atoms with van der Waals surface area (Å²) in [5, 5.41) is 3.95. The molecule has 2 aromatic rings. The molecule has 1 fully saturated rings. The van der Waals surface area contributed by atoms with E-state index in [1.165, 1.54) is 11.6 Å². The van der Waals surface area contributed by atoms with Gasteiger partial charge in [-0.2, -0.15) is 0 Å². The average Bonchev–Trinajstić information content (AvgIpc) is 3.20. The molecule has 1 saturated carbocycles. The first-order valence-electron chi connectivity index (χ1n) is 10.8. The largest absolute Gasteiger partial charge is 0.446 e. The molecule has 0 bridgehead atoms.